The molecule has 1 saturated heterocycles. The van der Waals surface area contributed by atoms with Crippen LogP contribution < -0.4 is 0 Å². The molecule has 1 heterocycles. The smallest absolute Gasteiger partial charge is 0.316 e. The van der Waals surface area contributed by atoms with E-state index < -0.39 is 23.4 Å². The molecule has 0 radical (unpaired) electrons. The van der Waals surface area contributed by atoms with Crippen LogP contribution >= 0.6 is 0 Å². The zero-order valence-corrected chi connectivity index (χ0v) is 13.5. The maximum atomic E-state index is 12.7. The van der Waals surface area contributed by atoms with Crippen molar-refractivity contribution in [3.05, 3.63) is 0 Å². The van der Waals surface area contributed by atoms with E-state index in [2.05, 4.69) is 0 Å². The monoisotopic (exact) mass is 308 g/mol. The molecule has 0 N–H and O–H groups in total. The van der Waals surface area contributed by atoms with Gasteiger partial charge in [0, 0.05) is 11.8 Å². The number of fused-ring (bicyclic) bond motifs is 2. The topological polar surface area (TPSA) is 69.7 Å². The van der Waals surface area contributed by atoms with Crippen molar-refractivity contribution in [1.29, 1.82) is 0 Å². The van der Waals surface area contributed by atoms with Gasteiger partial charge in [-0.2, -0.15) is 0 Å². The first-order chi connectivity index (χ1) is 10.3. The van der Waals surface area contributed by atoms with Gasteiger partial charge in [-0.05, 0) is 39.5 Å². The lowest BCUT2D eigenvalue weighted by molar-refractivity contribution is -0.171. The van der Waals surface area contributed by atoms with Crippen molar-refractivity contribution in [2.75, 3.05) is 6.61 Å². The number of hydrogen-bond donors (Lipinski definition) is 0. The van der Waals surface area contributed by atoms with Crippen LogP contribution in [0.5, 0.6) is 0 Å². The maximum Gasteiger partial charge on any atom is 0.316 e. The molecule has 1 aliphatic heterocycles. The first-order valence-electron chi connectivity index (χ1n) is 8.23. The highest BCUT2D eigenvalue weighted by molar-refractivity contribution is 6.03. The van der Waals surface area contributed by atoms with E-state index in [0.717, 1.165) is 25.7 Å². The number of ketones is 1. The molecule has 5 heteroatoms. The lowest BCUT2D eigenvalue weighted by Crippen LogP contribution is -2.52. The van der Waals surface area contributed by atoms with E-state index in [0.29, 0.717) is 0 Å². The predicted octanol–water partition coefficient (Wildman–Crippen LogP) is 2.12. The minimum Gasteiger partial charge on any atom is -0.465 e. The molecule has 2 saturated carbocycles. The van der Waals surface area contributed by atoms with Gasteiger partial charge in [0.1, 0.15) is 11.5 Å². The van der Waals surface area contributed by atoms with Gasteiger partial charge in [-0.3, -0.25) is 14.4 Å². The van der Waals surface area contributed by atoms with Crippen molar-refractivity contribution in [2.45, 2.75) is 52.1 Å². The molecule has 5 nitrogen and oxygen atoms in total. The Morgan fingerprint density at radius 3 is 2.50 bits per heavy atom. The highest BCUT2D eigenvalue weighted by Crippen LogP contribution is 2.50. The van der Waals surface area contributed by atoms with Crippen molar-refractivity contribution in [3.63, 3.8) is 0 Å². The Morgan fingerprint density at radius 1 is 1.14 bits per heavy atom. The van der Waals surface area contributed by atoms with Crippen LogP contribution in [0.25, 0.3) is 0 Å². The average molecular weight is 308 g/mol. The van der Waals surface area contributed by atoms with Crippen LogP contribution in [-0.2, 0) is 23.9 Å². The van der Waals surface area contributed by atoms with Crippen LogP contribution in [0, 0.1) is 29.6 Å². The van der Waals surface area contributed by atoms with Crippen molar-refractivity contribution < 1.29 is 23.9 Å². The van der Waals surface area contributed by atoms with Crippen molar-refractivity contribution >= 4 is 17.7 Å². The molecular weight excluding hydrogens is 284 g/mol. The van der Waals surface area contributed by atoms with Crippen LogP contribution in [0.2, 0.25) is 0 Å². The SMILES string of the molecule is CC(C)(C)OC(=O)C1[C@H]2COC(=O)[C@H]2C(=O)[C@H]2CCCC[C@H]12. The number of ether oxygens (including phenoxy) is 2. The van der Waals surface area contributed by atoms with Gasteiger partial charge < -0.3 is 9.47 Å². The molecule has 1 unspecified atom stereocenters. The molecule has 0 spiro atoms. The highest BCUT2D eigenvalue weighted by atomic mass is 16.6. The summed E-state index contributed by atoms with van der Waals surface area (Å²) in [5.74, 6) is -2.38. The fraction of sp³-hybridized carbons (Fsp3) is 0.824. The van der Waals surface area contributed by atoms with Gasteiger partial charge in [0.05, 0.1) is 12.5 Å². The van der Waals surface area contributed by atoms with Gasteiger partial charge in [0.15, 0.2) is 5.78 Å². The van der Waals surface area contributed by atoms with Gasteiger partial charge >= 0.3 is 11.9 Å². The van der Waals surface area contributed by atoms with Gasteiger partial charge in [-0.25, -0.2) is 0 Å². The Balaban J connectivity index is 1.92. The van der Waals surface area contributed by atoms with Crippen molar-refractivity contribution in [1.82, 2.24) is 0 Å². The van der Waals surface area contributed by atoms with Crippen LogP contribution in [0.3, 0.4) is 0 Å². The Labute approximate surface area is 130 Å². The van der Waals surface area contributed by atoms with Crippen molar-refractivity contribution in [2.24, 2.45) is 29.6 Å². The minimum atomic E-state index is -0.753. The zero-order valence-electron chi connectivity index (χ0n) is 13.5. The molecule has 5 atom stereocenters. The van der Waals surface area contributed by atoms with Crippen LogP contribution in [0.15, 0.2) is 0 Å². The minimum absolute atomic E-state index is 0.00277. The molecule has 0 aromatic rings. The molecule has 0 aromatic heterocycles. The maximum absolute atomic E-state index is 12.7. The lowest BCUT2D eigenvalue weighted by Gasteiger charge is -2.43. The molecule has 122 valence electrons. The fourth-order valence-electron chi connectivity index (χ4n) is 4.39. The second kappa shape index (κ2) is 5.36. The number of esters is 2. The Bertz CT molecular complexity index is 504. The zero-order chi connectivity index (χ0) is 16.1. The fourth-order valence-corrected chi connectivity index (χ4v) is 4.39. The molecule has 3 rings (SSSR count). The lowest BCUT2D eigenvalue weighted by atomic mass is 9.58. The molecule has 3 aliphatic rings. The number of hydrogen-bond acceptors (Lipinski definition) is 5. The van der Waals surface area contributed by atoms with Gasteiger partial charge in [0.2, 0.25) is 0 Å². The number of carbonyl (C=O) groups excluding carboxylic acids is 3. The van der Waals surface area contributed by atoms with E-state index in [1.54, 1.807) is 0 Å². The van der Waals surface area contributed by atoms with E-state index in [1.807, 2.05) is 20.8 Å². The third-order valence-electron chi connectivity index (χ3n) is 5.19. The summed E-state index contributed by atoms with van der Waals surface area (Å²) in [6, 6.07) is 0. The molecule has 2 aliphatic carbocycles. The molecule has 22 heavy (non-hydrogen) atoms. The first-order valence-corrected chi connectivity index (χ1v) is 8.23. The predicted molar refractivity (Wildman–Crippen MR) is 77.7 cm³/mol. The van der Waals surface area contributed by atoms with E-state index >= 15 is 0 Å². The summed E-state index contributed by atoms with van der Waals surface area (Å²) in [6.07, 6.45) is 3.65. The first kappa shape index (κ1) is 15.5. The number of rotatable bonds is 1. The Hall–Kier alpha value is -1.39. The molecular formula is C17H24O5. The summed E-state index contributed by atoms with van der Waals surface area (Å²) in [7, 11) is 0. The third kappa shape index (κ3) is 2.55. The van der Waals surface area contributed by atoms with Gasteiger partial charge in [-0.15, -0.1) is 0 Å². The Morgan fingerprint density at radius 2 is 1.82 bits per heavy atom. The van der Waals surface area contributed by atoms with E-state index in [-0.39, 0.29) is 36.1 Å². The summed E-state index contributed by atoms with van der Waals surface area (Å²) in [4.78, 5) is 37.3. The summed E-state index contributed by atoms with van der Waals surface area (Å²) in [5, 5.41) is 0. The molecule has 0 amide bonds. The summed E-state index contributed by atoms with van der Waals surface area (Å²) >= 11 is 0. The van der Waals surface area contributed by atoms with Crippen molar-refractivity contribution in [3.8, 4) is 0 Å². The quantitative estimate of drug-likeness (QED) is 0.548. The van der Waals surface area contributed by atoms with Gasteiger partial charge in [0.25, 0.3) is 0 Å². The Kier molecular flexibility index (Phi) is 3.77. The second-order valence-electron chi connectivity index (χ2n) is 7.79. The summed E-state index contributed by atoms with van der Waals surface area (Å²) in [5.41, 5.74) is -0.568. The van der Waals surface area contributed by atoms with Crippen LogP contribution in [0.1, 0.15) is 46.5 Å². The highest BCUT2D eigenvalue weighted by Gasteiger charge is 2.59. The van der Waals surface area contributed by atoms with Crippen LogP contribution in [0.4, 0.5) is 0 Å². The summed E-state index contributed by atoms with van der Waals surface area (Å²) < 4.78 is 10.7. The molecule has 0 bridgehead atoms. The third-order valence-corrected chi connectivity index (χ3v) is 5.19. The molecule has 3 fully saturated rings. The number of cyclic esters (lactones) is 1. The normalized spacial score (nSPS) is 38.0. The van der Waals surface area contributed by atoms with Crippen LogP contribution in [-0.4, -0.2) is 29.9 Å². The van der Waals surface area contributed by atoms with E-state index in [4.69, 9.17) is 9.47 Å². The second-order valence-corrected chi connectivity index (χ2v) is 7.79. The standard InChI is InChI=1S/C17H24O5/c1-17(2,3)22-16(20)12-9-6-4-5-7-10(9)14(18)13-11(12)8-21-15(13)19/h9-13H,4-8H2,1-3H3/t9-,10-,11+,12?,13+/m0/s1. The van der Waals surface area contributed by atoms with E-state index in [1.165, 1.54) is 0 Å². The number of carbonyl (C=O) groups is 3. The molecule has 0 aromatic carbocycles. The largest absolute Gasteiger partial charge is 0.465 e. The van der Waals surface area contributed by atoms with Gasteiger partial charge in [-0.1, -0.05) is 12.8 Å². The summed E-state index contributed by atoms with van der Waals surface area (Å²) in [6.45, 7) is 5.68. The number of Topliss-reactive ketones (excluding diaryl/α,β-unsaturated/α-hetero) is 1. The average Bonchev–Trinajstić information content (AvgIpc) is 2.79. The van der Waals surface area contributed by atoms with E-state index in [9.17, 15) is 14.4 Å².